The zero-order valence-electron chi connectivity index (χ0n) is 13.4. The summed E-state index contributed by atoms with van der Waals surface area (Å²) in [5.74, 6) is -0.169. The molecule has 7 heteroatoms. The van der Waals surface area contributed by atoms with E-state index in [1.165, 1.54) is 6.07 Å². The second-order valence-electron chi connectivity index (χ2n) is 6.05. The van der Waals surface area contributed by atoms with Gasteiger partial charge < -0.3 is 9.88 Å². The van der Waals surface area contributed by atoms with E-state index in [2.05, 4.69) is 27.1 Å². The number of likely N-dealkylation sites (tertiary alicyclic amines) is 1. The van der Waals surface area contributed by atoms with E-state index in [1.54, 1.807) is 24.1 Å². The monoisotopic (exact) mass is 315 g/mol. The number of carbonyl (C=O) groups excluding carboxylic acids is 1. The molecule has 2 N–H and O–H groups in total. The number of H-pyrrole nitrogens is 2. The highest BCUT2D eigenvalue weighted by Crippen LogP contribution is 2.29. The highest BCUT2D eigenvalue weighted by atomic mass is 16.2. The largest absolute Gasteiger partial charge is 0.334 e. The van der Waals surface area contributed by atoms with Crippen LogP contribution in [-0.2, 0) is 6.54 Å². The first-order chi connectivity index (χ1) is 11.0. The van der Waals surface area contributed by atoms with Crippen LogP contribution in [0.15, 0.2) is 29.1 Å². The van der Waals surface area contributed by atoms with Gasteiger partial charge in [0.2, 0.25) is 5.56 Å². The Kier molecular flexibility index (Phi) is 4.29. The van der Waals surface area contributed by atoms with Gasteiger partial charge in [0.15, 0.2) is 0 Å². The number of aromatic amines is 2. The van der Waals surface area contributed by atoms with Crippen LogP contribution in [0, 0.1) is 0 Å². The zero-order valence-corrected chi connectivity index (χ0v) is 13.4. The van der Waals surface area contributed by atoms with E-state index in [9.17, 15) is 9.59 Å². The second kappa shape index (κ2) is 6.37. The van der Waals surface area contributed by atoms with Crippen LogP contribution < -0.4 is 5.56 Å². The van der Waals surface area contributed by atoms with Crippen LogP contribution in [-0.4, -0.2) is 51.5 Å². The van der Waals surface area contributed by atoms with Crippen molar-refractivity contribution in [1.82, 2.24) is 25.0 Å². The molecule has 0 saturated carbocycles. The standard InChI is InChI=1S/C16H21N5O2/c1-20-8-4-6-14(20)12-9-13(19-18-12)16(23)21(2)10-11-5-3-7-15(22)17-11/h3,5,7,9,14H,4,6,8,10H2,1-2H3,(H,17,22)(H,18,19). The van der Waals surface area contributed by atoms with Gasteiger partial charge in [0, 0.05) is 18.8 Å². The van der Waals surface area contributed by atoms with Crippen molar-refractivity contribution >= 4 is 5.91 Å². The molecule has 1 fully saturated rings. The number of rotatable bonds is 4. The van der Waals surface area contributed by atoms with Gasteiger partial charge in [0.1, 0.15) is 5.69 Å². The second-order valence-corrected chi connectivity index (χ2v) is 6.05. The van der Waals surface area contributed by atoms with Gasteiger partial charge in [-0.3, -0.25) is 19.6 Å². The molecule has 3 heterocycles. The maximum absolute atomic E-state index is 12.5. The summed E-state index contributed by atoms with van der Waals surface area (Å²) in [5, 5.41) is 7.15. The summed E-state index contributed by atoms with van der Waals surface area (Å²) in [4.78, 5) is 30.3. The fraction of sp³-hybridized carbons (Fsp3) is 0.438. The van der Waals surface area contributed by atoms with Gasteiger partial charge >= 0.3 is 0 Å². The average Bonchev–Trinajstić information content (AvgIpc) is 3.15. The molecular formula is C16H21N5O2. The van der Waals surface area contributed by atoms with Crippen LogP contribution in [0.1, 0.15) is 40.8 Å². The zero-order chi connectivity index (χ0) is 16.4. The molecule has 2 aromatic heterocycles. The van der Waals surface area contributed by atoms with Crippen LogP contribution in [0.2, 0.25) is 0 Å². The van der Waals surface area contributed by atoms with Crippen LogP contribution in [0.4, 0.5) is 0 Å². The van der Waals surface area contributed by atoms with E-state index >= 15 is 0 Å². The van der Waals surface area contributed by atoms with Gasteiger partial charge in [-0.2, -0.15) is 5.10 Å². The van der Waals surface area contributed by atoms with Crippen molar-refractivity contribution in [2.24, 2.45) is 0 Å². The Morgan fingerprint density at radius 3 is 3.00 bits per heavy atom. The lowest BCUT2D eigenvalue weighted by Crippen LogP contribution is -2.27. The predicted octanol–water partition coefficient (Wildman–Crippen LogP) is 1.14. The minimum absolute atomic E-state index is 0.169. The van der Waals surface area contributed by atoms with E-state index in [0.717, 1.165) is 25.1 Å². The Balaban J connectivity index is 1.70. The number of pyridine rings is 1. The van der Waals surface area contributed by atoms with Crippen molar-refractivity contribution in [1.29, 1.82) is 0 Å². The molecule has 1 aliphatic rings. The summed E-state index contributed by atoms with van der Waals surface area (Å²) < 4.78 is 0. The van der Waals surface area contributed by atoms with E-state index in [1.807, 2.05) is 6.07 Å². The molecular weight excluding hydrogens is 294 g/mol. The Labute approximate surface area is 134 Å². The van der Waals surface area contributed by atoms with Gasteiger partial charge in [-0.05, 0) is 38.6 Å². The molecule has 0 bridgehead atoms. The predicted molar refractivity (Wildman–Crippen MR) is 86.1 cm³/mol. The Hall–Kier alpha value is -2.41. The molecule has 23 heavy (non-hydrogen) atoms. The smallest absolute Gasteiger partial charge is 0.274 e. The lowest BCUT2D eigenvalue weighted by Gasteiger charge is -2.17. The summed E-state index contributed by atoms with van der Waals surface area (Å²) in [5.41, 5.74) is 1.91. The first-order valence-corrected chi connectivity index (χ1v) is 7.74. The summed E-state index contributed by atoms with van der Waals surface area (Å²) in [6.07, 6.45) is 2.23. The van der Waals surface area contributed by atoms with E-state index in [4.69, 9.17) is 0 Å². The first-order valence-electron chi connectivity index (χ1n) is 7.74. The van der Waals surface area contributed by atoms with Gasteiger partial charge in [-0.25, -0.2) is 0 Å². The molecule has 1 aliphatic heterocycles. The normalized spacial score (nSPS) is 18.3. The number of hydrogen-bond donors (Lipinski definition) is 2. The first kappa shape index (κ1) is 15.5. The maximum atomic E-state index is 12.5. The summed E-state index contributed by atoms with van der Waals surface area (Å²) in [6, 6.07) is 7.05. The third-order valence-electron chi connectivity index (χ3n) is 4.28. The Morgan fingerprint density at radius 1 is 1.48 bits per heavy atom. The number of carbonyl (C=O) groups is 1. The highest BCUT2D eigenvalue weighted by molar-refractivity contribution is 5.92. The minimum atomic E-state index is -0.172. The topological polar surface area (TPSA) is 85.1 Å². The number of nitrogens with one attached hydrogen (secondary N) is 2. The molecule has 0 aliphatic carbocycles. The SMILES string of the molecule is CN(Cc1cccc(=O)[nH]1)C(=O)c1cc(C2CCCN2C)[nH]n1. The van der Waals surface area contributed by atoms with Crippen molar-refractivity contribution in [2.45, 2.75) is 25.4 Å². The Morgan fingerprint density at radius 2 is 2.30 bits per heavy atom. The highest BCUT2D eigenvalue weighted by Gasteiger charge is 2.26. The lowest BCUT2D eigenvalue weighted by molar-refractivity contribution is 0.0777. The summed E-state index contributed by atoms with van der Waals surface area (Å²) in [6.45, 7) is 1.40. The van der Waals surface area contributed by atoms with Gasteiger partial charge in [-0.15, -0.1) is 0 Å². The maximum Gasteiger partial charge on any atom is 0.274 e. The van der Waals surface area contributed by atoms with Gasteiger partial charge in [0.25, 0.3) is 5.91 Å². The van der Waals surface area contributed by atoms with E-state index in [-0.39, 0.29) is 11.5 Å². The van der Waals surface area contributed by atoms with Crippen LogP contribution in [0.3, 0.4) is 0 Å². The van der Waals surface area contributed by atoms with Crippen molar-refractivity contribution in [2.75, 3.05) is 20.6 Å². The van der Waals surface area contributed by atoms with Crippen molar-refractivity contribution in [3.63, 3.8) is 0 Å². The fourth-order valence-corrected chi connectivity index (χ4v) is 3.03. The third kappa shape index (κ3) is 3.34. The third-order valence-corrected chi connectivity index (χ3v) is 4.28. The summed E-state index contributed by atoms with van der Waals surface area (Å²) in [7, 11) is 3.78. The van der Waals surface area contributed by atoms with Crippen LogP contribution in [0.5, 0.6) is 0 Å². The quantitative estimate of drug-likeness (QED) is 0.886. The summed E-state index contributed by atoms with van der Waals surface area (Å²) >= 11 is 0. The van der Waals surface area contributed by atoms with Gasteiger partial charge in [-0.1, -0.05) is 6.07 Å². The van der Waals surface area contributed by atoms with Crippen LogP contribution in [0.25, 0.3) is 0 Å². The Bertz CT molecular complexity index is 751. The molecule has 122 valence electrons. The molecule has 0 radical (unpaired) electrons. The van der Waals surface area contributed by atoms with E-state index in [0.29, 0.717) is 24.0 Å². The molecule has 2 aromatic rings. The van der Waals surface area contributed by atoms with Crippen molar-refractivity contribution in [3.05, 3.63) is 51.7 Å². The van der Waals surface area contributed by atoms with E-state index < -0.39 is 0 Å². The number of nitrogens with zero attached hydrogens (tertiary/aromatic N) is 3. The molecule has 3 rings (SSSR count). The van der Waals surface area contributed by atoms with Crippen molar-refractivity contribution in [3.8, 4) is 0 Å². The van der Waals surface area contributed by atoms with Gasteiger partial charge in [0.05, 0.1) is 18.3 Å². The minimum Gasteiger partial charge on any atom is -0.334 e. The van der Waals surface area contributed by atoms with Crippen LogP contribution >= 0.6 is 0 Å². The van der Waals surface area contributed by atoms with Crippen molar-refractivity contribution < 1.29 is 4.79 Å². The molecule has 1 atom stereocenters. The molecule has 0 aromatic carbocycles. The molecule has 7 nitrogen and oxygen atoms in total. The number of hydrogen-bond acceptors (Lipinski definition) is 4. The average molecular weight is 315 g/mol. The molecule has 1 unspecified atom stereocenters. The molecule has 0 spiro atoms. The fourth-order valence-electron chi connectivity index (χ4n) is 3.03. The number of aromatic nitrogens is 3. The lowest BCUT2D eigenvalue weighted by atomic mass is 10.1. The molecule has 1 amide bonds. The number of amides is 1. The molecule has 1 saturated heterocycles.